The number of carbonyl (C=O) groups excluding carboxylic acids is 3. The van der Waals surface area contributed by atoms with Crippen LogP contribution in [0.2, 0.25) is 0 Å². The van der Waals surface area contributed by atoms with Gasteiger partial charge in [0.2, 0.25) is 0 Å². The summed E-state index contributed by atoms with van der Waals surface area (Å²) in [7, 11) is 0. The molecule has 0 spiro atoms. The van der Waals surface area contributed by atoms with Crippen LogP contribution in [-0.2, 0) is 14.3 Å². The molecule has 0 saturated carbocycles. The quantitative estimate of drug-likeness (QED) is 0.611. The van der Waals surface area contributed by atoms with Gasteiger partial charge >= 0.3 is 6.03 Å². The number of imide groups is 2. The van der Waals surface area contributed by atoms with Gasteiger partial charge < -0.3 is 9.64 Å². The number of anilines is 2. The van der Waals surface area contributed by atoms with Crippen molar-refractivity contribution in [1.82, 2.24) is 5.32 Å². The van der Waals surface area contributed by atoms with Crippen molar-refractivity contribution in [3.8, 4) is 0 Å². The fourth-order valence-electron chi connectivity index (χ4n) is 3.97. The van der Waals surface area contributed by atoms with Crippen molar-refractivity contribution >= 4 is 35.3 Å². The first-order chi connectivity index (χ1) is 14.8. The number of hydrogen-bond donors (Lipinski definition) is 1. The monoisotopic (exact) mass is 419 g/mol. The molecule has 2 fully saturated rings. The third kappa shape index (κ3) is 4.22. The van der Waals surface area contributed by atoms with Gasteiger partial charge in [0.1, 0.15) is 5.57 Å². The first-order valence-electron chi connectivity index (χ1n) is 10.3. The second-order valence-corrected chi connectivity index (χ2v) is 7.94. The van der Waals surface area contributed by atoms with Crippen molar-refractivity contribution in [2.45, 2.75) is 20.8 Å². The minimum absolute atomic E-state index is 0.0685. The summed E-state index contributed by atoms with van der Waals surface area (Å²) in [5.41, 5.74) is 4.99. The molecule has 2 aliphatic rings. The Morgan fingerprint density at radius 2 is 1.58 bits per heavy atom. The number of benzene rings is 2. The number of carbonyl (C=O) groups is 3. The molecule has 2 aliphatic heterocycles. The zero-order chi connectivity index (χ0) is 22.1. The van der Waals surface area contributed by atoms with Crippen LogP contribution in [0.3, 0.4) is 0 Å². The number of hydrogen-bond acceptors (Lipinski definition) is 5. The van der Waals surface area contributed by atoms with Crippen LogP contribution in [0.5, 0.6) is 0 Å². The van der Waals surface area contributed by atoms with E-state index in [-0.39, 0.29) is 5.57 Å². The molecular weight excluding hydrogens is 394 g/mol. The Hall–Kier alpha value is -3.45. The molecule has 2 heterocycles. The van der Waals surface area contributed by atoms with Gasteiger partial charge in [-0.05, 0) is 73.4 Å². The number of ether oxygens (including phenoxy) is 1. The number of nitrogens with one attached hydrogen (secondary N) is 1. The average Bonchev–Trinajstić information content (AvgIpc) is 2.72. The molecule has 31 heavy (non-hydrogen) atoms. The van der Waals surface area contributed by atoms with Gasteiger partial charge in [-0.3, -0.25) is 14.9 Å². The second-order valence-electron chi connectivity index (χ2n) is 7.94. The van der Waals surface area contributed by atoms with E-state index < -0.39 is 17.8 Å². The standard InChI is InChI=1S/C24H25N3O4/c1-15-10-16(2)12-20(11-15)27-23(29)21(22(28)25-24(27)30)14-18-4-5-19(13-17(18)3)26-6-8-31-9-7-26/h4-5,10-14H,6-9H2,1-3H3,(H,25,28,30). The predicted octanol–water partition coefficient (Wildman–Crippen LogP) is 3.11. The molecule has 1 N–H and O–H groups in total. The Bertz CT molecular complexity index is 1080. The Balaban J connectivity index is 1.67. The third-order valence-electron chi connectivity index (χ3n) is 5.50. The molecule has 2 saturated heterocycles. The van der Waals surface area contributed by atoms with Crippen LogP contribution in [-0.4, -0.2) is 44.1 Å². The van der Waals surface area contributed by atoms with Gasteiger partial charge in [-0.1, -0.05) is 12.1 Å². The molecule has 160 valence electrons. The summed E-state index contributed by atoms with van der Waals surface area (Å²) in [5.74, 6) is -1.32. The molecule has 4 rings (SSSR count). The highest BCUT2D eigenvalue weighted by Crippen LogP contribution is 2.26. The topological polar surface area (TPSA) is 79.0 Å². The van der Waals surface area contributed by atoms with Gasteiger partial charge in [-0.25, -0.2) is 9.69 Å². The minimum Gasteiger partial charge on any atom is -0.378 e. The number of urea groups is 1. The zero-order valence-corrected chi connectivity index (χ0v) is 17.9. The van der Waals surface area contributed by atoms with Crippen LogP contribution in [0.15, 0.2) is 42.0 Å². The first-order valence-corrected chi connectivity index (χ1v) is 10.3. The van der Waals surface area contributed by atoms with Crippen LogP contribution in [0.25, 0.3) is 6.08 Å². The summed E-state index contributed by atoms with van der Waals surface area (Å²) >= 11 is 0. The minimum atomic E-state index is -0.739. The highest BCUT2D eigenvalue weighted by atomic mass is 16.5. The second kappa shape index (κ2) is 8.35. The van der Waals surface area contributed by atoms with E-state index in [0.29, 0.717) is 18.9 Å². The van der Waals surface area contributed by atoms with E-state index >= 15 is 0 Å². The number of rotatable bonds is 3. The predicted molar refractivity (Wildman–Crippen MR) is 119 cm³/mol. The van der Waals surface area contributed by atoms with Crippen LogP contribution >= 0.6 is 0 Å². The Kier molecular flexibility index (Phi) is 5.61. The largest absolute Gasteiger partial charge is 0.378 e. The maximum atomic E-state index is 13.2. The van der Waals surface area contributed by atoms with Crippen LogP contribution in [0.4, 0.5) is 16.2 Å². The fraction of sp³-hybridized carbons (Fsp3) is 0.292. The van der Waals surface area contributed by atoms with Crippen molar-refractivity contribution in [1.29, 1.82) is 0 Å². The van der Waals surface area contributed by atoms with Gasteiger partial charge in [0.05, 0.1) is 18.9 Å². The third-order valence-corrected chi connectivity index (χ3v) is 5.50. The number of aryl methyl sites for hydroxylation is 3. The molecule has 7 heteroatoms. The summed E-state index contributed by atoms with van der Waals surface area (Å²) in [5, 5.41) is 2.29. The summed E-state index contributed by atoms with van der Waals surface area (Å²) in [6.07, 6.45) is 1.55. The lowest BCUT2D eigenvalue weighted by atomic mass is 10.0. The number of nitrogens with zero attached hydrogens (tertiary/aromatic N) is 2. The Labute approximate surface area is 181 Å². The molecule has 0 aromatic heterocycles. The molecule has 0 radical (unpaired) electrons. The molecule has 0 bridgehead atoms. The lowest BCUT2D eigenvalue weighted by molar-refractivity contribution is -0.122. The molecular formula is C24H25N3O4. The number of barbiturate groups is 1. The van der Waals surface area contributed by atoms with Gasteiger partial charge in [0.15, 0.2) is 0 Å². The maximum absolute atomic E-state index is 13.2. The lowest BCUT2D eigenvalue weighted by Gasteiger charge is -2.29. The maximum Gasteiger partial charge on any atom is 0.335 e. The van der Waals surface area contributed by atoms with Gasteiger partial charge in [0.25, 0.3) is 11.8 Å². The van der Waals surface area contributed by atoms with E-state index in [0.717, 1.165) is 45.9 Å². The van der Waals surface area contributed by atoms with Crippen LogP contribution in [0.1, 0.15) is 22.3 Å². The van der Waals surface area contributed by atoms with Crippen molar-refractivity contribution in [2.24, 2.45) is 0 Å². The van der Waals surface area contributed by atoms with Gasteiger partial charge in [-0.15, -0.1) is 0 Å². The van der Waals surface area contributed by atoms with Crippen molar-refractivity contribution in [2.75, 3.05) is 36.1 Å². The normalized spacial score (nSPS) is 18.5. The zero-order valence-electron chi connectivity index (χ0n) is 17.9. The Morgan fingerprint density at radius 3 is 2.23 bits per heavy atom. The Morgan fingerprint density at radius 1 is 0.903 bits per heavy atom. The van der Waals surface area contributed by atoms with E-state index in [1.165, 1.54) is 0 Å². The van der Waals surface area contributed by atoms with Crippen molar-refractivity contribution < 1.29 is 19.1 Å². The van der Waals surface area contributed by atoms with E-state index in [4.69, 9.17) is 4.74 Å². The first kappa shape index (κ1) is 20.8. The molecule has 0 aliphatic carbocycles. The van der Waals surface area contributed by atoms with Crippen molar-refractivity contribution in [3.63, 3.8) is 0 Å². The van der Waals surface area contributed by atoms with E-state index in [1.54, 1.807) is 18.2 Å². The molecule has 4 amide bonds. The summed E-state index contributed by atoms with van der Waals surface area (Å²) in [6.45, 7) is 8.77. The van der Waals surface area contributed by atoms with E-state index in [1.807, 2.05) is 45.0 Å². The molecule has 2 aromatic carbocycles. The number of morpholine rings is 1. The summed E-state index contributed by atoms with van der Waals surface area (Å²) in [4.78, 5) is 41.4. The van der Waals surface area contributed by atoms with E-state index in [2.05, 4.69) is 10.2 Å². The van der Waals surface area contributed by atoms with Gasteiger partial charge in [-0.2, -0.15) is 0 Å². The average molecular weight is 419 g/mol. The summed E-state index contributed by atoms with van der Waals surface area (Å²) in [6, 6.07) is 10.6. The van der Waals surface area contributed by atoms with E-state index in [9.17, 15) is 14.4 Å². The van der Waals surface area contributed by atoms with Crippen molar-refractivity contribution in [3.05, 3.63) is 64.2 Å². The highest BCUT2D eigenvalue weighted by molar-refractivity contribution is 6.39. The lowest BCUT2D eigenvalue weighted by Crippen LogP contribution is -2.54. The van der Waals surface area contributed by atoms with Crippen LogP contribution < -0.4 is 15.1 Å². The molecule has 0 unspecified atom stereocenters. The highest BCUT2D eigenvalue weighted by Gasteiger charge is 2.37. The van der Waals surface area contributed by atoms with Crippen LogP contribution in [0, 0.1) is 20.8 Å². The molecule has 2 aromatic rings. The van der Waals surface area contributed by atoms with Gasteiger partial charge in [0, 0.05) is 18.8 Å². The smallest absolute Gasteiger partial charge is 0.335 e. The fourth-order valence-corrected chi connectivity index (χ4v) is 3.97. The SMILES string of the molecule is Cc1cc(C)cc(N2C(=O)NC(=O)C(=Cc3ccc(N4CCOCC4)cc3C)C2=O)c1. The molecule has 0 atom stereocenters. The number of amides is 4. The summed E-state index contributed by atoms with van der Waals surface area (Å²) < 4.78 is 5.40. The molecule has 7 nitrogen and oxygen atoms in total.